The molecule has 26 heteroatoms. The third-order valence-electron chi connectivity index (χ3n) is 8.07. The summed E-state index contributed by atoms with van der Waals surface area (Å²) in [6.07, 6.45) is -5.36. The fraction of sp³-hybridized carbons (Fsp3) is 0.588. The number of esters is 6. The zero-order valence-corrected chi connectivity index (χ0v) is 36.1. The maximum Gasteiger partial charge on any atom is 0.350 e. The normalized spacial score (nSPS) is 23.7. The van der Waals surface area contributed by atoms with Gasteiger partial charge in [-0.1, -0.05) is 31.9 Å². The molecule has 4 rings (SSSR count). The number of aromatic amines is 2. The van der Waals surface area contributed by atoms with Crippen molar-refractivity contribution >= 4 is 67.7 Å². The van der Waals surface area contributed by atoms with Crippen LogP contribution in [0.1, 0.15) is 67.8 Å². The number of hydrogen-bond acceptors (Lipinski definition) is 18. The van der Waals surface area contributed by atoms with Crippen molar-refractivity contribution in [2.75, 3.05) is 13.2 Å². The Kier molecular flexibility index (Phi) is 16.4. The standard InChI is InChI=1S/2C17H20BrFN2O9/c1-7(22)28-12-10(6-27-15(25)17(3,4)30-8(2)23)29-14(11(12)18)21-5-9(19)13(24)20-16(21)26;1-7(22)28-12-11(18)10(6-27-15(25)17(3,4)30-8(2)23)29-14(12)21-5-9(19)13(24)20-16(21)26/h2*5,10-12,14H,6H2,1-4H3,(H,20,24,26)/t2*10?,11?,12-,14?/m11/s1. The van der Waals surface area contributed by atoms with Crippen LogP contribution in [0, 0.1) is 11.6 Å². The molecular formula is C34H40Br2F2N4O18. The summed E-state index contributed by atoms with van der Waals surface area (Å²) >= 11 is 6.52. The van der Waals surface area contributed by atoms with E-state index < -0.39 is 134 Å². The molecule has 0 spiro atoms. The van der Waals surface area contributed by atoms with Crippen LogP contribution in [0.4, 0.5) is 8.78 Å². The van der Waals surface area contributed by atoms with E-state index >= 15 is 0 Å². The van der Waals surface area contributed by atoms with Gasteiger partial charge in [0.1, 0.15) is 31.5 Å². The van der Waals surface area contributed by atoms with Crippen molar-refractivity contribution in [1.82, 2.24) is 19.1 Å². The molecule has 2 N–H and O–H groups in total. The van der Waals surface area contributed by atoms with Gasteiger partial charge in [0.2, 0.25) is 22.8 Å². The lowest BCUT2D eigenvalue weighted by atomic mass is 10.1. The fourth-order valence-electron chi connectivity index (χ4n) is 5.52. The van der Waals surface area contributed by atoms with Crippen molar-refractivity contribution in [1.29, 1.82) is 0 Å². The number of nitrogens with zero attached hydrogens (tertiary/aromatic N) is 2. The number of halogens is 4. The summed E-state index contributed by atoms with van der Waals surface area (Å²) in [5, 5.41) is 0. The van der Waals surface area contributed by atoms with E-state index in [9.17, 15) is 56.7 Å². The minimum Gasteiger partial charge on any atom is -0.460 e. The predicted molar refractivity (Wildman–Crippen MR) is 201 cm³/mol. The lowest BCUT2D eigenvalue weighted by molar-refractivity contribution is -0.181. The number of ether oxygens (including phenoxy) is 8. The number of carbonyl (C=O) groups is 6. The Morgan fingerprint density at radius 3 is 1.43 bits per heavy atom. The van der Waals surface area contributed by atoms with Crippen LogP contribution in [0.15, 0.2) is 31.6 Å². The van der Waals surface area contributed by atoms with Gasteiger partial charge < -0.3 is 37.9 Å². The second-order valence-corrected chi connectivity index (χ2v) is 16.0. The van der Waals surface area contributed by atoms with Crippen LogP contribution in [0.5, 0.6) is 0 Å². The lowest BCUT2D eigenvalue weighted by Crippen LogP contribution is -2.41. The van der Waals surface area contributed by atoms with Crippen molar-refractivity contribution in [3.8, 4) is 0 Å². The van der Waals surface area contributed by atoms with E-state index in [1.165, 1.54) is 27.7 Å². The SMILES string of the molecule is CC(=O)O[C@@H]1C(Br)C(COC(=O)C(C)(C)OC(C)=O)OC1n1cc(F)c(=O)[nH]c1=O.CC(=O)O[C@@H]1C(COC(=O)C(C)(C)OC(C)=O)OC(n2cc(F)c(=O)[nH]c2=O)C1Br. The highest BCUT2D eigenvalue weighted by Crippen LogP contribution is 2.37. The van der Waals surface area contributed by atoms with Crippen molar-refractivity contribution < 1.29 is 75.4 Å². The van der Waals surface area contributed by atoms with Gasteiger partial charge in [-0.25, -0.2) is 19.2 Å². The smallest absolute Gasteiger partial charge is 0.350 e. The molecule has 2 saturated heterocycles. The first-order chi connectivity index (χ1) is 27.7. The Balaban J connectivity index is 0.000000320. The average Bonchev–Trinajstić information content (AvgIpc) is 3.58. The van der Waals surface area contributed by atoms with Crippen LogP contribution in [0.3, 0.4) is 0 Å². The van der Waals surface area contributed by atoms with Gasteiger partial charge in [-0.05, 0) is 27.7 Å². The highest BCUT2D eigenvalue weighted by molar-refractivity contribution is 9.09. The first kappa shape index (κ1) is 49.3. The zero-order valence-electron chi connectivity index (χ0n) is 32.9. The van der Waals surface area contributed by atoms with Crippen molar-refractivity contribution in [2.24, 2.45) is 0 Å². The quantitative estimate of drug-likeness (QED) is 0.164. The van der Waals surface area contributed by atoms with Crippen molar-refractivity contribution in [3.63, 3.8) is 0 Å². The molecule has 22 nitrogen and oxygen atoms in total. The molecule has 8 atom stereocenters. The molecule has 0 saturated carbocycles. The number of hydrogen-bond donors (Lipinski definition) is 2. The molecule has 0 radical (unpaired) electrons. The van der Waals surface area contributed by atoms with Crippen LogP contribution in [-0.2, 0) is 66.7 Å². The highest BCUT2D eigenvalue weighted by atomic mass is 79.9. The molecule has 60 heavy (non-hydrogen) atoms. The van der Waals surface area contributed by atoms with Crippen LogP contribution in [0.25, 0.3) is 0 Å². The zero-order chi connectivity index (χ0) is 45.6. The maximum absolute atomic E-state index is 13.7. The predicted octanol–water partition coefficient (Wildman–Crippen LogP) is 0.306. The second-order valence-electron chi connectivity index (χ2n) is 13.9. The van der Waals surface area contributed by atoms with Crippen LogP contribution < -0.4 is 22.5 Å². The Hall–Kier alpha value is -5.08. The summed E-state index contributed by atoms with van der Waals surface area (Å²) in [4.78, 5) is 118. The Morgan fingerprint density at radius 1 is 0.633 bits per heavy atom. The molecule has 0 aliphatic carbocycles. The van der Waals surface area contributed by atoms with E-state index in [2.05, 4.69) is 31.9 Å². The van der Waals surface area contributed by atoms with Gasteiger partial charge in [-0.15, -0.1) is 0 Å². The van der Waals surface area contributed by atoms with E-state index in [0.29, 0.717) is 12.4 Å². The molecule has 2 aliphatic rings. The number of carbonyl (C=O) groups excluding carboxylic acids is 6. The van der Waals surface area contributed by atoms with E-state index in [1.807, 2.05) is 0 Å². The van der Waals surface area contributed by atoms with Crippen molar-refractivity contribution in [3.05, 3.63) is 65.7 Å². The number of rotatable bonds is 12. The second kappa shape index (κ2) is 20.0. The first-order valence-electron chi connectivity index (χ1n) is 17.4. The minimum atomic E-state index is -1.58. The molecule has 0 bridgehead atoms. The lowest BCUT2D eigenvalue weighted by Gasteiger charge is -2.24. The van der Waals surface area contributed by atoms with Crippen molar-refractivity contribution in [2.45, 2.75) is 113 Å². The largest absolute Gasteiger partial charge is 0.460 e. The summed E-state index contributed by atoms with van der Waals surface area (Å²) in [6, 6.07) is 0. The summed E-state index contributed by atoms with van der Waals surface area (Å²) < 4.78 is 70.6. The Morgan fingerprint density at radius 2 is 1.02 bits per heavy atom. The molecule has 2 aromatic heterocycles. The number of aromatic nitrogens is 4. The number of nitrogens with one attached hydrogen (secondary N) is 2. The molecule has 0 aromatic carbocycles. The third-order valence-corrected chi connectivity index (χ3v) is 10.2. The summed E-state index contributed by atoms with van der Waals surface area (Å²) in [7, 11) is 0. The topological polar surface area (TPSA) is 286 Å². The third kappa shape index (κ3) is 12.5. The molecule has 2 aromatic rings. The van der Waals surface area contributed by atoms with Gasteiger partial charge in [0.25, 0.3) is 11.1 Å². The summed E-state index contributed by atoms with van der Waals surface area (Å²) in [6.45, 7) is 9.08. The molecule has 4 heterocycles. The van der Waals surface area contributed by atoms with E-state index in [1.54, 1.807) is 9.97 Å². The molecule has 332 valence electrons. The van der Waals surface area contributed by atoms with Gasteiger partial charge in [0.05, 0.1) is 22.0 Å². The highest BCUT2D eigenvalue weighted by Gasteiger charge is 2.49. The van der Waals surface area contributed by atoms with Crippen LogP contribution in [-0.4, -0.2) is 113 Å². The minimum absolute atomic E-state index is 0.367. The maximum atomic E-state index is 13.7. The van der Waals surface area contributed by atoms with Gasteiger partial charge in [0.15, 0.2) is 18.6 Å². The molecule has 2 aliphatic heterocycles. The monoisotopic (exact) mass is 988 g/mol. The van der Waals surface area contributed by atoms with E-state index in [4.69, 9.17) is 37.9 Å². The number of H-pyrrole nitrogens is 2. The van der Waals surface area contributed by atoms with Gasteiger partial charge in [-0.3, -0.25) is 47.9 Å². The van der Waals surface area contributed by atoms with Gasteiger partial charge >= 0.3 is 47.2 Å². The molecular weight excluding hydrogens is 950 g/mol. The summed E-state index contributed by atoms with van der Waals surface area (Å²) in [5.41, 5.74) is -7.49. The Labute approximate surface area is 353 Å². The van der Waals surface area contributed by atoms with E-state index in [-0.39, 0.29) is 6.61 Å². The molecule has 6 unspecified atom stereocenters. The Bertz CT molecular complexity index is 2220. The van der Waals surface area contributed by atoms with Gasteiger partial charge in [0, 0.05) is 27.7 Å². The van der Waals surface area contributed by atoms with Crippen LogP contribution in [0.2, 0.25) is 0 Å². The molecule has 2 fully saturated rings. The molecule has 0 amide bonds. The number of alkyl halides is 2. The van der Waals surface area contributed by atoms with E-state index in [0.717, 1.165) is 36.8 Å². The summed E-state index contributed by atoms with van der Waals surface area (Å²) in [5.74, 6) is -6.96. The first-order valence-corrected chi connectivity index (χ1v) is 19.2. The van der Waals surface area contributed by atoms with Crippen LogP contribution >= 0.6 is 31.9 Å². The average molecular weight is 991 g/mol. The fourth-order valence-corrected chi connectivity index (χ4v) is 6.99. The van der Waals surface area contributed by atoms with Gasteiger partial charge in [-0.2, -0.15) is 8.78 Å².